The van der Waals surface area contributed by atoms with Gasteiger partial charge in [-0.05, 0) is 68.1 Å². The first-order valence-corrected chi connectivity index (χ1v) is 13.3. The van der Waals surface area contributed by atoms with Gasteiger partial charge in [0, 0.05) is 29.6 Å². The van der Waals surface area contributed by atoms with E-state index in [0.29, 0.717) is 33.8 Å². The van der Waals surface area contributed by atoms with Gasteiger partial charge >= 0.3 is 0 Å². The molecular weight excluding hydrogens is 489 g/mol. The lowest BCUT2D eigenvalue weighted by Gasteiger charge is -2.36. The molecule has 4 aromatic rings. The lowest BCUT2D eigenvalue weighted by molar-refractivity contribution is 0.102. The molecule has 0 saturated carbocycles. The highest BCUT2D eigenvalue weighted by Gasteiger charge is 2.25. The lowest BCUT2D eigenvalue weighted by atomic mass is 9.94. The second-order valence-corrected chi connectivity index (χ2v) is 9.98. The quantitative estimate of drug-likeness (QED) is 0.293. The Labute approximate surface area is 219 Å². The molecule has 2 aromatic heterocycles. The number of nitrogens with one attached hydrogen (secondary N) is 1. The van der Waals surface area contributed by atoms with Crippen LogP contribution in [0.2, 0.25) is 0 Å². The third-order valence-electron chi connectivity index (χ3n) is 6.65. The molecule has 5 rings (SSSR count). The Morgan fingerprint density at radius 2 is 2.03 bits per heavy atom. The SMILES string of the molecule is CC[C@@H]1CCCN(c2c(NC(=O)c3csc(-c4ccnnc4)n3)ccc(Oc3ccc(F)cc3)c2C)C1. The first kappa shape index (κ1) is 24.8. The molecule has 7 nitrogen and oxygen atoms in total. The van der Waals surface area contributed by atoms with Crippen molar-refractivity contribution in [1.29, 1.82) is 0 Å². The van der Waals surface area contributed by atoms with Gasteiger partial charge in [-0.1, -0.05) is 13.3 Å². The molecule has 3 heterocycles. The number of piperidine rings is 1. The summed E-state index contributed by atoms with van der Waals surface area (Å²) >= 11 is 1.39. The Morgan fingerprint density at radius 3 is 2.78 bits per heavy atom. The topological polar surface area (TPSA) is 80.2 Å². The van der Waals surface area contributed by atoms with Crippen LogP contribution in [0.15, 0.2) is 60.2 Å². The summed E-state index contributed by atoms with van der Waals surface area (Å²) in [7, 11) is 0. The summed E-state index contributed by atoms with van der Waals surface area (Å²) < 4.78 is 19.5. The fourth-order valence-electron chi connectivity index (χ4n) is 4.65. The number of rotatable bonds is 7. The fraction of sp³-hybridized carbons (Fsp3) is 0.286. The summed E-state index contributed by atoms with van der Waals surface area (Å²) in [4.78, 5) is 20.1. The number of carbonyl (C=O) groups excluding carboxylic acids is 1. The highest BCUT2D eigenvalue weighted by Crippen LogP contribution is 2.40. The number of aromatic nitrogens is 3. The van der Waals surface area contributed by atoms with Crippen molar-refractivity contribution in [2.75, 3.05) is 23.3 Å². The summed E-state index contributed by atoms with van der Waals surface area (Å²) in [6.07, 6.45) is 6.62. The number of benzene rings is 2. The van der Waals surface area contributed by atoms with E-state index in [1.54, 1.807) is 29.9 Å². The van der Waals surface area contributed by atoms with E-state index in [0.717, 1.165) is 42.7 Å². The van der Waals surface area contributed by atoms with Crippen LogP contribution >= 0.6 is 11.3 Å². The van der Waals surface area contributed by atoms with Crippen LogP contribution in [0.4, 0.5) is 15.8 Å². The zero-order chi connectivity index (χ0) is 25.8. The Balaban J connectivity index is 1.45. The van der Waals surface area contributed by atoms with E-state index < -0.39 is 0 Å². The molecule has 1 fully saturated rings. The van der Waals surface area contributed by atoms with Crippen molar-refractivity contribution >= 4 is 28.6 Å². The highest BCUT2D eigenvalue weighted by atomic mass is 32.1. The molecule has 1 aliphatic rings. The van der Waals surface area contributed by atoms with Crippen molar-refractivity contribution in [3.8, 4) is 22.1 Å². The number of anilines is 2. The van der Waals surface area contributed by atoms with Crippen molar-refractivity contribution in [2.24, 2.45) is 5.92 Å². The van der Waals surface area contributed by atoms with Gasteiger partial charge in [0.1, 0.15) is 28.0 Å². The summed E-state index contributed by atoms with van der Waals surface area (Å²) in [6, 6.07) is 11.5. The standard InChI is InChI=1S/C28H28FN5O2S/c1-3-19-5-4-14-34(16-19)26-18(2)25(36-22-8-6-21(29)7-9-22)11-10-23(26)32-27(35)24-17-37-28(33-24)20-12-13-30-31-15-20/h6-13,15,17,19H,3-5,14,16H2,1-2H3,(H,32,35)/t19-/m1/s1. The Morgan fingerprint density at radius 1 is 1.19 bits per heavy atom. The van der Waals surface area contributed by atoms with Gasteiger partial charge in [-0.3, -0.25) is 4.79 Å². The predicted molar refractivity (Wildman–Crippen MR) is 144 cm³/mol. The molecule has 9 heteroatoms. The van der Waals surface area contributed by atoms with Gasteiger partial charge < -0.3 is 15.0 Å². The first-order chi connectivity index (χ1) is 18.0. The normalized spacial score (nSPS) is 15.4. The van der Waals surface area contributed by atoms with Gasteiger partial charge in [0.05, 0.1) is 23.8 Å². The Hall–Kier alpha value is -3.85. The van der Waals surface area contributed by atoms with Crippen LogP contribution in [0, 0.1) is 18.7 Å². The van der Waals surface area contributed by atoms with Gasteiger partial charge in [0.15, 0.2) is 0 Å². The average Bonchev–Trinajstić information content (AvgIpc) is 3.43. The van der Waals surface area contributed by atoms with Crippen molar-refractivity contribution < 1.29 is 13.9 Å². The molecule has 0 spiro atoms. The zero-order valence-corrected chi connectivity index (χ0v) is 21.6. The molecule has 1 amide bonds. The minimum atomic E-state index is -0.313. The van der Waals surface area contributed by atoms with Gasteiger partial charge in [0.2, 0.25) is 0 Å². The van der Waals surface area contributed by atoms with Gasteiger partial charge in [-0.2, -0.15) is 10.2 Å². The third-order valence-corrected chi connectivity index (χ3v) is 7.54. The van der Waals surface area contributed by atoms with E-state index in [1.165, 1.54) is 29.9 Å². The molecule has 0 unspecified atom stereocenters. The summed E-state index contributed by atoms with van der Waals surface area (Å²) in [5.74, 6) is 1.22. The molecule has 1 atom stereocenters. The van der Waals surface area contributed by atoms with Crippen LogP contribution in [-0.2, 0) is 0 Å². The van der Waals surface area contributed by atoms with Crippen LogP contribution in [0.25, 0.3) is 10.6 Å². The van der Waals surface area contributed by atoms with Crippen molar-refractivity contribution in [3.63, 3.8) is 0 Å². The number of hydrogen-bond donors (Lipinski definition) is 1. The number of ether oxygens (including phenoxy) is 1. The molecular formula is C28H28FN5O2S. The fourth-order valence-corrected chi connectivity index (χ4v) is 5.44. The number of nitrogens with zero attached hydrogens (tertiary/aromatic N) is 4. The predicted octanol–water partition coefficient (Wildman–Crippen LogP) is 6.72. The second-order valence-electron chi connectivity index (χ2n) is 9.13. The van der Waals surface area contributed by atoms with Gasteiger partial charge in [-0.25, -0.2) is 9.37 Å². The first-order valence-electron chi connectivity index (χ1n) is 12.4. The molecule has 0 aliphatic carbocycles. The maximum Gasteiger partial charge on any atom is 0.275 e. The van der Waals surface area contributed by atoms with Gasteiger partial charge in [0.25, 0.3) is 5.91 Å². The monoisotopic (exact) mass is 517 g/mol. The van der Waals surface area contributed by atoms with E-state index >= 15 is 0 Å². The number of hydrogen-bond acceptors (Lipinski definition) is 7. The molecule has 190 valence electrons. The van der Waals surface area contributed by atoms with Crippen molar-refractivity contribution in [3.05, 3.63) is 77.3 Å². The number of thiazole rings is 1. The van der Waals surface area contributed by atoms with E-state index in [4.69, 9.17) is 4.74 Å². The maximum atomic E-state index is 13.4. The molecule has 37 heavy (non-hydrogen) atoms. The van der Waals surface area contributed by atoms with Crippen LogP contribution in [0.1, 0.15) is 42.2 Å². The van der Waals surface area contributed by atoms with E-state index in [-0.39, 0.29) is 11.7 Å². The van der Waals surface area contributed by atoms with Crippen LogP contribution in [0.3, 0.4) is 0 Å². The zero-order valence-electron chi connectivity index (χ0n) is 20.8. The second kappa shape index (κ2) is 11.0. The van der Waals surface area contributed by atoms with Gasteiger partial charge in [-0.15, -0.1) is 11.3 Å². The van der Waals surface area contributed by atoms with Crippen molar-refractivity contribution in [2.45, 2.75) is 33.1 Å². The minimum Gasteiger partial charge on any atom is -0.457 e. The van der Waals surface area contributed by atoms with Crippen LogP contribution < -0.4 is 15.0 Å². The highest BCUT2D eigenvalue weighted by molar-refractivity contribution is 7.13. The number of carbonyl (C=O) groups is 1. The molecule has 2 aromatic carbocycles. The van der Waals surface area contributed by atoms with E-state index in [2.05, 4.69) is 32.3 Å². The molecule has 0 radical (unpaired) electrons. The van der Waals surface area contributed by atoms with Crippen LogP contribution in [-0.4, -0.2) is 34.2 Å². The summed E-state index contributed by atoms with van der Waals surface area (Å²) in [5.41, 5.74) is 3.74. The number of amides is 1. The van der Waals surface area contributed by atoms with Crippen LogP contribution in [0.5, 0.6) is 11.5 Å². The maximum absolute atomic E-state index is 13.4. The molecule has 1 N–H and O–H groups in total. The lowest BCUT2D eigenvalue weighted by Crippen LogP contribution is -2.36. The average molecular weight is 518 g/mol. The minimum absolute atomic E-state index is 0.276. The largest absolute Gasteiger partial charge is 0.457 e. The van der Waals surface area contributed by atoms with E-state index in [9.17, 15) is 9.18 Å². The summed E-state index contributed by atoms with van der Waals surface area (Å²) in [6.45, 7) is 6.03. The molecule has 0 bridgehead atoms. The number of halogens is 1. The van der Waals surface area contributed by atoms with Crippen molar-refractivity contribution in [1.82, 2.24) is 15.2 Å². The molecule has 1 aliphatic heterocycles. The van der Waals surface area contributed by atoms with E-state index in [1.807, 2.05) is 25.1 Å². The Bertz CT molecular complexity index is 1380. The summed E-state index contributed by atoms with van der Waals surface area (Å²) in [5, 5.41) is 13.2. The molecule has 1 saturated heterocycles. The smallest absolute Gasteiger partial charge is 0.275 e. The third kappa shape index (κ3) is 5.61. The Kier molecular flexibility index (Phi) is 7.41.